The van der Waals surface area contributed by atoms with Crippen molar-refractivity contribution < 1.29 is 14.0 Å². The Balaban J connectivity index is 1.23. The maximum atomic E-state index is 13.8. The fourth-order valence-corrected chi connectivity index (χ4v) is 6.33. The molecule has 0 fully saturated rings. The second kappa shape index (κ2) is 12.7. The lowest BCUT2D eigenvalue weighted by atomic mass is 10.00. The van der Waals surface area contributed by atoms with Crippen LogP contribution in [0.15, 0.2) is 107 Å². The van der Waals surface area contributed by atoms with Gasteiger partial charge < -0.3 is 5.32 Å². The van der Waals surface area contributed by atoms with E-state index in [0.717, 1.165) is 21.7 Å². The van der Waals surface area contributed by atoms with Crippen LogP contribution in [-0.2, 0) is 11.3 Å². The van der Waals surface area contributed by atoms with Gasteiger partial charge in [-0.3, -0.25) is 14.2 Å². The molecule has 0 saturated heterocycles. The molecule has 8 nitrogen and oxygen atoms in total. The summed E-state index contributed by atoms with van der Waals surface area (Å²) in [5.41, 5.74) is 4.18. The van der Waals surface area contributed by atoms with E-state index < -0.39 is 0 Å². The van der Waals surface area contributed by atoms with E-state index >= 15 is 0 Å². The molecule has 216 valence electrons. The summed E-state index contributed by atoms with van der Waals surface area (Å²) in [6.45, 7) is 2.12. The molecule has 0 aliphatic carbocycles. The first-order valence-electron chi connectivity index (χ1n) is 13.6. The molecular weight excluding hydrogens is 584 g/mol. The van der Waals surface area contributed by atoms with Gasteiger partial charge in [-0.1, -0.05) is 65.9 Å². The Kier molecular flexibility index (Phi) is 8.43. The first kappa shape index (κ1) is 28.5. The largest absolute Gasteiger partial charge is 0.345 e. The molecule has 43 heavy (non-hydrogen) atoms. The minimum absolute atomic E-state index is 0.0548. The van der Waals surface area contributed by atoms with Crippen molar-refractivity contribution in [2.75, 3.05) is 5.75 Å². The van der Waals surface area contributed by atoms with Crippen molar-refractivity contribution in [3.63, 3.8) is 0 Å². The molecule has 3 aromatic carbocycles. The minimum Gasteiger partial charge on any atom is -0.345 e. The van der Waals surface area contributed by atoms with Crippen molar-refractivity contribution in [2.24, 2.45) is 5.10 Å². The molecule has 1 aliphatic heterocycles. The zero-order valence-electron chi connectivity index (χ0n) is 23.2. The number of aromatic nitrogens is 3. The van der Waals surface area contributed by atoms with Gasteiger partial charge in [0.05, 0.1) is 28.9 Å². The number of rotatable bonds is 9. The maximum absolute atomic E-state index is 13.8. The highest BCUT2D eigenvalue weighted by Crippen LogP contribution is 2.35. The number of aryl methyl sites for hydroxylation is 1. The van der Waals surface area contributed by atoms with Crippen LogP contribution in [-0.4, -0.2) is 43.1 Å². The lowest BCUT2D eigenvalue weighted by molar-refractivity contribution is -0.130. The van der Waals surface area contributed by atoms with Gasteiger partial charge in [0.15, 0.2) is 11.0 Å². The van der Waals surface area contributed by atoms with Gasteiger partial charge in [0.25, 0.3) is 11.8 Å². The van der Waals surface area contributed by atoms with Crippen LogP contribution in [0.2, 0.25) is 0 Å². The van der Waals surface area contributed by atoms with Crippen molar-refractivity contribution in [2.45, 2.75) is 31.1 Å². The number of carbonyl (C=O) groups excluding carboxylic acids is 2. The molecular formula is C32H27FN6O2S2. The van der Waals surface area contributed by atoms with Gasteiger partial charge in [-0.25, -0.2) is 9.40 Å². The summed E-state index contributed by atoms with van der Waals surface area (Å²) in [7, 11) is 0. The van der Waals surface area contributed by atoms with E-state index in [-0.39, 0.29) is 36.0 Å². The lowest BCUT2D eigenvalue weighted by Crippen LogP contribution is -2.28. The number of halogens is 1. The van der Waals surface area contributed by atoms with Crippen molar-refractivity contribution in [1.29, 1.82) is 0 Å². The predicted molar refractivity (Wildman–Crippen MR) is 166 cm³/mol. The zero-order chi connectivity index (χ0) is 29.8. The first-order chi connectivity index (χ1) is 21.0. The normalized spacial score (nSPS) is 14.5. The summed E-state index contributed by atoms with van der Waals surface area (Å²) in [5.74, 6) is -0.304. The lowest BCUT2D eigenvalue weighted by Gasteiger charge is -2.22. The monoisotopic (exact) mass is 610 g/mol. The molecule has 0 bridgehead atoms. The molecule has 2 aromatic heterocycles. The average Bonchev–Trinajstić information content (AvgIpc) is 3.80. The van der Waals surface area contributed by atoms with Crippen LogP contribution < -0.4 is 5.32 Å². The summed E-state index contributed by atoms with van der Waals surface area (Å²) in [6, 6.07) is 26.7. The van der Waals surface area contributed by atoms with Gasteiger partial charge in [0, 0.05) is 17.7 Å². The van der Waals surface area contributed by atoms with E-state index in [2.05, 4.69) is 15.5 Å². The maximum Gasteiger partial charge on any atom is 0.253 e. The van der Waals surface area contributed by atoms with Gasteiger partial charge in [-0.05, 0) is 60.3 Å². The standard InChI is InChI=1S/C32H27FN6O2S2/c1-21-9-11-22(12-10-21)27-18-26(28-8-5-17-42-28)37-39(27)30(40)20-43-32-36-35-29(38(32)25-15-13-24(33)14-16-25)19-34-31(41)23-6-3-2-4-7-23/h2-17,27H,18-20H2,1H3,(H,34,41)/t27-/m1/s1. The van der Waals surface area contributed by atoms with Gasteiger partial charge in [-0.2, -0.15) is 5.10 Å². The molecule has 5 aromatic rings. The van der Waals surface area contributed by atoms with Crippen molar-refractivity contribution >= 4 is 40.6 Å². The predicted octanol–water partition coefficient (Wildman–Crippen LogP) is 6.18. The smallest absolute Gasteiger partial charge is 0.253 e. The zero-order valence-corrected chi connectivity index (χ0v) is 24.8. The Morgan fingerprint density at radius 1 is 0.977 bits per heavy atom. The number of carbonyl (C=O) groups is 2. The Morgan fingerprint density at radius 2 is 1.74 bits per heavy atom. The molecule has 2 amide bonds. The summed E-state index contributed by atoms with van der Waals surface area (Å²) in [5, 5.41) is 20.3. The molecule has 0 unspecified atom stereocenters. The fourth-order valence-electron chi connectivity index (χ4n) is 4.78. The molecule has 0 saturated carbocycles. The number of hydrogen-bond acceptors (Lipinski definition) is 7. The molecule has 0 radical (unpaired) electrons. The SMILES string of the molecule is Cc1ccc([C@H]2CC(c3cccs3)=NN2C(=O)CSc2nnc(CNC(=O)c3ccccc3)n2-c2ccc(F)cc2)cc1. The third kappa shape index (κ3) is 6.42. The molecule has 1 atom stereocenters. The third-order valence-corrected chi connectivity index (χ3v) is 8.82. The molecule has 1 aliphatic rings. The quantitative estimate of drug-likeness (QED) is 0.201. The topological polar surface area (TPSA) is 92.5 Å². The number of nitrogens with zero attached hydrogens (tertiary/aromatic N) is 5. The summed E-state index contributed by atoms with van der Waals surface area (Å²) in [4.78, 5) is 27.4. The molecule has 1 N–H and O–H groups in total. The van der Waals surface area contributed by atoms with Crippen LogP contribution in [0.1, 0.15) is 44.6 Å². The van der Waals surface area contributed by atoms with Crippen molar-refractivity contribution in [3.05, 3.63) is 130 Å². The molecule has 0 spiro atoms. The number of amides is 2. The van der Waals surface area contributed by atoms with Crippen LogP contribution in [0.5, 0.6) is 0 Å². The summed E-state index contributed by atoms with van der Waals surface area (Å²) >= 11 is 2.82. The van der Waals surface area contributed by atoms with E-state index in [9.17, 15) is 14.0 Å². The molecule has 3 heterocycles. The second-order valence-electron chi connectivity index (χ2n) is 9.94. The van der Waals surface area contributed by atoms with Gasteiger partial charge >= 0.3 is 0 Å². The van der Waals surface area contributed by atoms with E-state index in [0.29, 0.717) is 28.7 Å². The molecule has 6 rings (SSSR count). The van der Waals surface area contributed by atoms with Crippen molar-refractivity contribution in [1.82, 2.24) is 25.1 Å². The number of hydrogen-bond donors (Lipinski definition) is 1. The van der Waals surface area contributed by atoms with Crippen LogP contribution >= 0.6 is 23.1 Å². The highest BCUT2D eigenvalue weighted by Gasteiger charge is 2.33. The number of nitrogens with one attached hydrogen (secondary N) is 1. The van der Waals surface area contributed by atoms with Gasteiger partial charge in [0.2, 0.25) is 0 Å². The fraction of sp³-hybridized carbons (Fsp3) is 0.156. The Labute approximate surface area is 256 Å². The van der Waals surface area contributed by atoms with Crippen LogP contribution in [0.3, 0.4) is 0 Å². The van der Waals surface area contributed by atoms with Gasteiger partial charge in [0.1, 0.15) is 5.82 Å². The number of thioether (sulfide) groups is 1. The highest BCUT2D eigenvalue weighted by molar-refractivity contribution is 7.99. The van der Waals surface area contributed by atoms with E-state index in [4.69, 9.17) is 5.10 Å². The van der Waals surface area contributed by atoms with Crippen LogP contribution in [0.25, 0.3) is 5.69 Å². The molecule has 11 heteroatoms. The number of hydrazone groups is 1. The Morgan fingerprint density at radius 3 is 2.47 bits per heavy atom. The third-order valence-electron chi connectivity index (χ3n) is 6.99. The van der Waals surface area contributed by atoms with E-state index in [1.807, 2.05) is 54.8 Å². The Hall–Kier alpha value is -4.61. The van der Waals surface area contributed by atoms with Crippen LogP contribution in [0.4, 0.5) is 4.39 Å². The Bertz CT molecular complexity index is 1750. The summed E-state index contributed by atoms with van der Waals surface area (Å²) < 4.78 is 15.5. The number of benzene rings is 3. The minimum atomic E-state index is -0.379. The highest BCUT2D eigenvalue weighted by atomic mass is 32.2. The van der Waals surface area contributed by atoms with E-state index in [1.165, 1.54) is 23.9 Å². The first-order valence-corrected chi connectivity index (χ1v) is 15.5. The number of thiophene rings is 1. The average molecular weight is 611 g/mol. The van der Waals surface area contributed by atoms with Crippen LogP contribution in [0, 0.1) is 12.7 Å². The van der Waals surface area contributed by atoms with Crippen molar-refractivity contribution in [3.8, 4) is 5.69 Å². The van der Waals surface area contributed by atoms with E-state index in [1.54, 1.807) is 57.3 Å². The summed E-state index contributed by atoms with van der Waals surface area (Å²) in [6.07, 6.45) is 0.622. The van der Waals surface area contributed by atoms with Gasteiger partial charge in [-0.15, -0.1) is 21.5 Å². The second-order valence-corrected chi connectivity index (χ2v) is 11.8.